The standard InChI is InChI=1S/C22H36O4/c1-4-5-6-7-8-9-10-11-12-13-14-15-16-17-21(2)19-22(3,26-25-21)18-20(23)24/h5-6,8-11H,4,7,12-19H2,1-3H3,(H,23,24)/b6-5-,9-8+,11-10+/t21-,22-/m1/s1. The van der Waals surface area contributed by atoms with E-state index in [1.54, 1.807) is 0 Å². The third kappa shape index (κ3) is 9.93. The molecule has 148 valence electrons. The van der Waals surface area contributed by atoms with E-state index in [0.29, 0.717) is 6.42 Å². The van der Waals surface area contributed by atoms with E-state index in [9.17, 15) is 4.79 Å². The molecule has 1 saturated heterocycles. The summed E-state index contributed by atoms with van der Waals surface area (Å²) in [6.07, 6.45) is 22.4. The zero-order valence-corrected chi connectivity index (χ0v) is 16.7. The van der Waals surface area contributed by atoms with E-state index in [1.807, 2.05) is 13.8 Å². The van der Waals surface area contributed by atoms with Gasteiger partial charge in [-0.15, -0.1) is 0 Å². The van der Waals surface area contributed by atoms with Gasteiger partial charge in [0.05, 0.1) is 6.42 Å². The normalized spacial score (nSPS) is 26.6. The van der Waals surface area contributed by atoms with Crippen LogP contribution < -0.4 is 0 Å². The minimum absolute atomic E-state index is 0.0156. The Kier molecular flexibility index (Phi) is 10.5. The summed E-state index contributed by atoms with van der Waals surface area (Å²) in [6.45, 7) is 5.98. The molecular weight excluding hydrogens is 328 g/mol. The van der Waals surface area contributed by atoms with Crippen molar-refractivity contribution in [1.82, 2.24) is 0 Å². The lowest BCUT2D eigenvalue weighted by molar-refractivity contribution is -0.345. The average molecular weight is 365 g/mol. The van der Waals surface area contributed by atoms with Gasteiger partial charge >= 0.3 is 5.97 Å². The van der Waals surface area contributed by atoms with Gasteiger partial charge in [-0.2, -0.15) is 0 Å². The maximum Gasteiger partial charge on any atom is 0.306 e. The van der Waals surface area contributed by atoms with Crippen LogP contribution in [0.15, 0.2) is 36.5 Å². The minimum atomic E-state index is -0.847. The molecule has 2 atom stereocenters. The fraction of sp³-hybridized carbons (Fsp3) is 0.682. The molecule has 0 radical (unpaired) electrons. The third-order valence-corrected chi connectivity index (χ3v) is 4.60. The summed E-state index contributed by atoms with van der Waals surface area (Å²) in [5.41, 5.74) is -1.06. The quantitative estimate of drug-likeness (QED) is 0.185. The van der Waals surface area contributed by atoms with Crippen LogP contribution in [-0.2, 0) is 14.6 Å². The summed E-state index contributed by atoms with van der Waals surface area (Å²) in [5, 5.41) is 8.96. The van der Waals surface area contributed by atoms with Crippen LogP contribution in [-0.4, -0.2) is 22.3 Å². The Balaban J connectivity index is 2.07. The van der Waals surface area contributed by atoms with Crippen LogP contribution in [0, 0.1) is 0 Å². The van der Waals surface area contributed by atoms with Gasteiger partial charge in [-0.05, 0) is 46.0 Å². The van der Waals surface area contributed by atoms with Gasteiger partial charge in [0.1, 0.15) is 11.2 Å². The van der Waals surface area contributed by atoms with Crippen molar-refractivity contribution in [3.63, 3.8) is 0 Å². The first kappa shape index (κ1) is 22.7. The fourth-order valence-electron chi connectivity index (χ4n) is 3.38. The molecular formula is C22H36O4. The average Bonchev–Trinajstić information content (AvgIpc) is 2.86. The molecule has 0 saturated carbocycles. The number of rotatable bonds is 13. The molecule has 0 aliphatic carbocycles. The van der Waals surface area contributed by atoms with Gasteiger partial charge in [-0.1, -0.05) is 62.6 Å². The zero-order valence-electron chi connectivity index (χ0n) is 16.7. The summed E-state index contributed by atoms with van der Waals surface area (Å²) in [4.78, 5) is 21.7. The Hall–Kier alpha value is -1.39. The van der Waals surface area contributed by atoms with Crippen LogP contribution in [0.4, 0.5) is 0 Å². The van der Waals surface area contributed by atoms with Gasteiger partial charge in [-0.25, -0.2) is 9.78 Å². The smallest absolute Gasteiger partial charge is 0.306 e. The van der Waals surface area contributed by atoms with Gasteiger partial charge in [-0.3, -0.25) is 4.79 Å². The van der Waals surface area contributed by atoms with Gasteiger partial charge in [0.25, 0.3) is 0 Å². The molecule has 0 bridgehead atoms. The van der Waals surface area contributed by atoms with E-state index >= 15 is 0 Å². The monoisotopic (exact) mass is 364 g/mol. The summed E-state index contributed by atoms with van der Waals surface area (Å²) in [7, 11) is 0. The molecule has 0 unspecified atom stereocenters. The lowest BCUT2D eigenvalue weighted by Gasteiger charge is -2.21. The summed E-state index contributed by atoms with van der Waals surface area (Å²) >= 11 is 0. The Labute approximate surface area is 158 Å². The highest BCUT2D eigenvalue weighted by Gasteiger charge is 2.47. The number of aliphatic carboxylic acids is 1. The Morgan fingerprint density at radius 1 is 0.962 bits per heavy atom. The van der Waals surface area contributed by atoms with Crippen LogP contribution in [0.2, 0.25) is 0 Å². The highest BCUT2D eigenvalue weighted by atomic mass is 17.2. The number of carbonyl (C=O) groups is 1. The Morgan fingerprint density at radius 3 is 2.38 bits per heavy atom. The van der Waals surface area contributed by atoms with E-state index < -0.39 is 11.6 Å². The molecule has 1 aliphatic rings. The predicted molar refractivity (Wildman–Crippen MR) is 106 cm³/mol. The largest absolute Gasteiger partial charge is 0.481 e. The number of allylic oxidation sites excluding steroid dienone is 6. The molecule has 1 heterocycles. The molecule has 1 N–H and O–H groups in total. The summed E-state index contributed by atoms with van der Waals surface area (Å²) in [5.74, 6) is -0.847. The minimum Gasteiger partial charge on any atom is -0.481 e. The maximum atomic E-state index is 10.9. The van der Waals surface area contributed by atoms with Crippen molar-refractivity contribution in [3.8, 4) is 0 Å². The van der Waals surface area contributed by atoms with Crippen LogP contribution in [0.3, 0.4) is 0 Å². The third-order valence-electron chi connectivity index (χ3n) is 4.60. The SMILES string of the molecule is CC/C=C\C/C=C/C=C/CCCCCC[C@]1(C)C[C@@](C)(CC(=O)O)OO1. The van der Waals surface area contributed by atoms with Crippen molar-refractivity contribution in [1.29, 1.82) is 0 Å². The van der Waals surface area contributed by atoms with Crippen molar-refractivity contribution in [2.24, 2.45) is 0 Å². The number of carboxylic acids is 1. The molecule has 1 fully saturated rings. The second-order valence-electron chi connectivity index (χ2n) is 7.74. The molecule has 0 aromatic carbocycles. The van der Waals surface area contributed by atoms with Crippen LogP contribution in [0.25, 0.3) is 0 Å². The number of unbranched alkanes of at least 4 members (excludes halogenated alkanes) is 4. The Morgan fingerprint density at radius 2 is 1.65 bits per heavy atom. The predicted octanol–water partition coefficient (Wildman–Crippen LogP) is 6.14. The van der Waals surface area contributed by atoms with E-state index in [2.05, 4.69) is 43.4 Å². The fourth-order valence-corrected chi connectivity index (χ4v) is 3.38. The molecule has 0 aromatic rings. The summed E-state index contributed by atoms with van der Waals surface area (Å²) in [6, 6.07) is 0. The molecule has 26 heavy (non-hydrogen) atoms. The molecule has 4 heteroatoms. The lowest BCUT2D eigenvalue weighted by Crippen LogP contribution is -2.30. The van der Waals surface area contributed by atoms with Crippen LogP contribution >= 0.6 is 0 Å². The first-order chi connectivity index (χ1) is 12.4. The highest BCUT2D eigenvalue weighted by Crippen LogP contribution is 2.40. The zero-order chi connectivity index (χ0) is 19.3. The second-order valence-corrected chi connectivity index (χ2v) is 7.74. The first-order valence-corrected chi connectivity index (χ1v) is 9.94. The highest BCUT2D eigenvalue weighted by molar-refractivity contribution is 5.68. The molecule has 0 spiro atoms. The van der Waals surface area contributed by atoms with Gasteiger partial charge < -0.3 is 5.11 Å². The van der Waals surface area contributed by atoms with Crippen molar-refractivity contribution in [2.45, 2.75) is 96.2 Å². The van der Waals surface area contributed by atoms with Gasteiger partial charge in [0.15, 0.2) is 0 Å². The van der Waals surface area contributed by atoms with E-state index in [4.69, 9.17) is 14.9 Å². The number of hydrogen-bond donors (Lipinski definition) is 1. The molecule has 4 nitrogen and oxygen atoms in total. The van der Waals surface area contributed by atoms with Gasteiger partial charge in [0.2, 0.25) is 0 Å². The first-order valence-electron chi connectivity index (χ1n) is 9.94. The summed E-state index contributed by atoms with van der Waals surface area (Å²) < 4.78 is 0. The molecule has 1 rings (SSSR count). The Bertz CT molecular complexity index is 494. The lowest BCUT2D eigenvalue weighted by atomic mass is 9.85. The van der Waals surface area contributed by atoms with E-state index in [0.717, 1.165) is 32.1 Å². The van der Waals surface area contributed by atoms with Crippen LogP contribution in [0.1, 0.15) is 85.0 Å². The van der Waals surface area contributed by atoms with Crippen molar-refractivity contribution in [3.05, 3.63) is 36.5 Å². The van der Waals surface area contributed by atoms with Crippen molar-refractivity contribution < 1.29 is 19.7 Å². The van der Waals surface area contributed by atoms with Gasteiger partial charge in [0, 0.05) is 6.42 Å². The van der Waals surface area contributed by atoms with E-state index in [1.165, 1.54) is 19.3 Å². The topological polar surface area (TPSA) is 55.8 Å². The van der Waals surface area contributed by atoms with Crippen LogP contribution in [0.5, 0.6) is 0 Å². The van der Waals surface area contributed by atoms with E-state index in [-0.39, 0.29) is 12.0 Å². The molecule has 1 aliphatic heterocycles. The number of carboxylic acid groups (broad SMARTS) is 1. The van der Waals surface area contributed by atoms with Crippen molar-refractivity contribution in [2.75, 3.05) is 0 Å². The molecule has 0 amide bonds. The maximum absolute atomic E-state index is 10.9. The molecule has 0 aromatic heterocycles. The number of hydrogen-bond acceptors (Lipinski definition) is 3. The van der Waals surface area contributed by atoms with Crippen molar-refractivity contribution >= 4 is 5.97 Å². The second kappa shape index (κ2) is 12.1.